The zero-order chi connectivity index (χ0) is 18.9. The van der Waals surface area contributed by atoms with Crippen molar-refractivity contribution in [2.45, 2.75) is 50.4 Å². The summed E-state index contributed by atoms with van der Waals surface area (Å²) in [7, 11) is 0. The molecule has 3 heterocycles. The summed E-state index contributed by atoms with van der Waals surface area (Å²) in [5.41, 5.74) is -0.707. The van der Waals surface area contributed by atoms with Crippen LogP contribution in [0.15, 0.2) is 12.3 Å². The number of nitriles is 1. The summed E-state index contributed by atoms with van der Waals surface area (Å²) in [4.78, 5) is 28.6. The van der Waals surface area contributed by atoms with Gasteiger partial charge in [0, 0.05) is 32.8 Å². The largest absolute Gasteiger partial charge is 0.388 e. The lowest BCUT2D eigenvalue weighted by Crippen LogP contribution is -2.69. The van der Waals surface area contributed by atoms with Crippen molar-refractivity contribution in [1.82, 2.24) is 15.2 Å². The Kier molecular flexibility index (Phi) is 4.78. The first-order valence-electron chi connectivity index (χ1n) is 8.78. The Labute approximate surface area is 152 Å². The molecule has 1 spiro atoms. The minimum atomic E-state index is -0.847. The first-order valence-corrected chi connectivity index (χ1v) is 8.78. The van der Waals surface area contributed by atoms with Crippen molar-refractivity contribution in [2.75, 3.05) is 19.7 Å². The van der Waals surface area contributed by atoms with E-state index in [-0.39, 0.29) is 11.8 Å². The molecular formula is C18H24N4O4. The molecule has 1 aromatic heterocycles. The quantitative estimate of drug-likeness (QED) is 0.711. The molecule has 2 saturated heterocycles. The van der Waals surface area contributed by atoms with Crippen molar-refractivity contribution in [3.63, 3.8) is 0 Å². The summed E-state index contributed by atoms with van der Waals surface area (Å²) in [5, 5.41) is 22.7. The zero-order valence-electron chi connectivity index (χ0n) is 15.0. The van der Waals surface area contributed by atoms with Crippen LogP contribution in [0.4, 0.5) is 0 Å². The number of aromatic amines is 1. The van der Waals surface area contributed by atoms with E-state index in [9.17, 15) is 14.7 Å². The summed E-state index contributed by atoms with van der Waals surface area (Å²) < 4.78 is 5.96. The van der Waals surface area contributed by atoms with Crippen molar-refractivity contribution in [3.05, 3.63) is 23.5 Å². The van der Waals surface area contributed by atoms with Gasteiger partial charge in [0.05, 0.1) is 16.7 Å². The number of piperidine rings is 1. The van der Waals surface area contributed by atoms with E-state index < -0.39 is 17.2 Å². The van der Waals surface area contributed by atoms with Gasteiger partial charge in [0.1, 0.15) is 17.9 Å². The molecule has 2 amide bonds. The van der Waals surface area contributed by atoms with Crippen LogP contribution < -0.4 is 5.32 Å². The average molecular weight is 360 g/mol. The third kappa shape index (κ3) is 3.20. The molecule has 2 fully saturated rings. The van der Waals surface area contributed by atoms with E-state index in [1.807, 2.05) is 13.0 Å². The van der Waals surface area contributed by atoms with Crippen molar-refractivity contribution >= 4 is 11.8 Å². The molecule has 8 nitrogen and oxygen atoms in total. The maximum absolute atomic E-state index is 12.6. The highest BCUT2D eigenvalue weighted by molar-refractivity contribution is 5.93. The third-order valence-electron chi connectivity index (χ3n) is 5.51. The molecule has 2 atom stereocenters. The van der Waals surface area contributed by atoms with Crippen molar-refractivity contribution in [1.29, 1.82) is 5.26 Å². The summed E-state index contributed by atoms with van der Waals surface area (Å²) in [5.74, 6) is -0.354. The van der Waals surface area contributed by atoms with Gasteiger partial charge in [-0.3, -0.25) is 9.59 Å². The van der Waals surface area contributed by atoms with E-state index in [0.29, 0.717) is 50.2 Å². The van der Waals surface area contributed by atoms with Crippen LogP contribution in [-0.2, 0) is 9.53 Å². The van der Waals surface area contributed by atoms with Gasteiger partial charge >= 0.3 is 0 Å². The number of rotatable bonds is 2. The topological polar surface area (TPSA) is 118 Å². The number of aliphatic hydroxyl groups is 1. The van der Waals surface area contributed by atoms with E-state index in [1.54, 1.807) is 4.90 Å². The van der Waals surface area contributed by atoms with Crippen molar-refractivity contribution in [2.24, 2.45) is 0 Å². The molecule has 26 heavy (non-hydrogen) atoms. The minimum absolute atomic E-state index is 0.170. The Morgan fingerprint density at radius 2 is 2.12 bits per heavy atom. The normalized spacial score (nSPS) is 27.8. The number of carbonyl (C=O) groups is 2. The molecule has 0 unspecified atom stereocenters. The van der Waals surface area contributed by atoms with Gasteiger partial charge in [-0.2, -0.15) is 5.26 Å². The summed E-state index contributed by atoms with van der Waals surface area (Å²) >= 11 is 0. The van der Waals surface area contributed by atoms with Gasteiger partial charge in [-0.05, 0) is 32.3 Å². The molecule has 1 aromatic rings. The molecule has 0 saturated carbocycles. The van der Waals surface area contributed by atoms with Crippen LogP contribution in [0.25, 0.3) is 0 Å². The van der Waals surface area contributed by atoms with Crippen LogP contribution in [0.2, 0.25) is 0 Å². The lowest BCUT2D eigenvalue weighted by Gasteiger charge is -2.53. The van der Waals surface area contributed by atoms with Gasteiger partial charge in [-0.15, -0.1) is 0 Å². The number of H-pyrrole nitrogens is 1. The van der Waals surface area contributed by atoms with Crippen LogP contribution in [0, 0.1) is 11.3 Å². The standard InChI is InChI=1S/C18H24N4O4/c1-12(23)21-17(2)5-8-26-18(16(17)25)3-6-22(7-4-18)15(24)14-9-13(10-19)11-20-14/h9,11,16,20,25H,3-8H2,1-2H3,(H,21,23)/t16-,17+/m1/s1. The fourth-order valence-electron chi connectivity index (χ4n) is 4.05. The predicted octanol–water partition coefficient (Wildman–Crippen LogP) is 0.537. The Balaban J connectivity index is 1.69. The molecule has 3 rings (SSSR count). The second-order valence-electron chi connectivity index (χ2n) is 7.37. The maximum atomic E-state index is 12.6. The smallest absolute Gasteiger partial charge is 0.270 e. The fourth-order valence-corrected chi connectivity index (χ4v) is 4.05. The maximum Gasteiger partial charge on any atom is 0.270 e. The number of amides is 2. The van der Waals surface area contributed by atoms with Gasteiger partial charge in [-0.25, -0.2) is 0 Å². The highest BCUT2D eigenvalue weighted by atomic mass is 16.5. The number of nitrogens with one attached hydrogen (secondary N) is 2. The summed E-state index contributed by atoms with van der Waals surface area (Å²) in [6.07, 6.45) is 2.17. The van der Waals surface area contributed by atoms with E-state index >= 15 is 0 Å². The number of aromatic nitrogens is 1. The number of ether oxygens (including phenoxy) is 1. The van der Waals surface area contributed by atoms with Gasteiger partial charge in [0.25, 0.3) is 5.91 Å². The van der Waals surface area contributed by atoms with Crippen LogP contribution in [0.1, 0.15) is 49.2 Å². The molecular weight excluding hydrogens is 336 g/mol. The second-order valence-corrected chi connectivity index (χ2v) is 7.37. The van der Waals surface area contributed by atoms with E-state index in [2.05, 4.69) is 10.3 Å². The third-order valence-corrected chi connectivity index (χ3v) is 5.51. The Morgan fingerprint density at radius 1 is 1.42 bits per heavy atom. The van der Waals surface area contributed by atoms with Gasteiger partial charge in [0.2, 0.25) is 5.91 Å². The molecule has 0 aromatic carbocycles. The van der Waals surface area contributed by atoms with Gasteiger partial charge in [0.15, 0.2) is 0 Å². The first-order chi connectivity index (χ1) is 12.3. The molecule has 3 N–H and O–H groups in total. The van der Waals surface area contributed by atoms with Gasteiger partial charge in [-0.1, -0.05) is 0 Å². The van der Waals surface area contributed by atoms with Crippen LogP contribution in [0.5, 0.6) is 0 Å². The molecule has 0 aliphatic carbocycles. The Hall–Kier alpha value is -2.37. The van der Waals surface area contributed by atoms with Crippen molar-refractivity contribution in [3.8, 4) is 6.07 Å². The number of carbonyl (C=O) groups excluding carboxylic acids is 2. The Bertz CT molecular complexity index is 745. The number of hydrogen-bond acceptors (Lipinski definition) is 5. The summed E-state index contributed by atoms with van der Waals surface area (Å²) in [6.45, 7) is 4.60. The lowest BCUT2D eigenvalue weighted by atomic mass is 9.73. The fraction of sp³-hybridized carbons (Fsp3) is 0.611. The van der Waals surface area contributed by atoms with Crippen LogP contribution in [0.3, 0.4) is 0 Å². The molecule has 0 radical (unpaired) electrons. The van der Waals surface area contributed by atoms with Crippen LogP contribution in [-0.4, -0.2) is 63.7 Å². The first kappa shape index (κ1) is 18.4. The number of nitrogens with zero attached hydrogens (tertiary/aromatic N) is 2. The average Bonchev–Trinajstić information content (AvgIpc) is 3.08. The molecule has 2 aliphatic heterocycles. The highest BCUT2D eigenvalue weighted by Crippen LogP contribution is 2.40. The van der Waals surface area contributed by atoms with E-state index in [1.165, 1.54) is 19.2 Å². The number of hydrogen-bond donors (Lipinski definition) is 3. The zero-order valence-corrected chi connectivity index (χ0v) is 15.0. The number of aliphatic hydroxyl groups excluding tert-OH is 1. The second kappa shape index (κ2) is 6.74. The Morgan fingerprint density at radius 3 is 2.69 bits per heavy atom. The van der Waals surface area contributed by atoms with Gasteiger partial charge < -0.3 is 25.0 Å². The number of likely N-dealkylation sites (tertiary alicyclic amines) is 1. The molecule has 0 bridgehead atoms. The highest BCUT2D eigenvalue weighted by Gasteiger charge is 2.53. The predicted molar refractivity (Wildman–Crippen MR) is 92.2 cm³/mol. The molecule has 140 valence electrons. The van der Waals surface area contributed by atoms with E-state index in [0.717, 1.165) is 0 Å². The van der Waals surface area contributed by atoms with E-state index in [4.69, 9.17) is 10.00 Å². The minimum Gasteiger partial charge on any atom is -0.388 e. The molecule has 2 aliphatic rings. The van der Waals surface area contributed by atoms with Crippen molar-refractivity contribution < 1.29 is 19.4 Å². The van der Waals surface area contributed by atoms with Crippen LogP contribution >= 0.6 is 0 Å². The molecule has 8 heteroatoms. The lowest BCUT2D eigenvalue weighted by molar-refractivity contribution is -0.205. The SMILES string of the molecule is CC(=O)N[C@@]1(C)CCOC2(CCN(C(=O)c3cc(C#N)c[nH]3)CC2)[C@@H]1O. The summed E-state index contributed by atoms with van der Waals surface area (Å²) in [6, 6.07) is 3.53. The monoisotopic (exact) mass is 360 g/mol.